The van der Waals surface area contributed by atoms with E-state index in [1.165, 1.54) is 0 Å². The topological polar surface area (TPSA) is 69.5 Å². The van der Waals surface area contributed by atoms with Gasteiger partial charge in [0.2, 0.25) is 0 Å². The number of hydrogen-bond donors (Lipinski definition) is 1. The van der Waals surface area contributed by atoms with Crippen molar-refractivity contribution >= 4 is 6.21 Å². The maximum Gasteiger partial charge on any atom is 0.169 e. The number of rotatable bonds is 6. The van der Waals surface area contributed by atoms with Crippen LogP contribution in [-0.4, -0.2) is 52.4 Å². The second kappa shape index (κ2) is 7.66. The quantitative estimate of drug-likeness (QED) is 0.861. The van der Waals surface area contributed by atoms with Crippen LogP contribution in [0.1, 0.15) is 11.1 Å². The third kappa shape index (κ3) is 3.20. The molecule has 0 amide bonds. The Kier molecular flexibility index (Phi) is 5.32. The zero-order valence-electron chi connectivity index (χ0n) is 15.4. The van der Waals surface area contributed by atoms with Gasteiger partial charge in [0, 0.05) is 23.4 Å². The molecule has 0 fully saturated rings. The Morgan fingerprint density at radius 3 is 2.19 bits per heavy atom. The largest absolute Gasteiger partial charge is 0.497 e. The first-order valence-corrected chi connectivity index (χ1v) is 8.30. The second-order valence-electron chi connectivity index (χ2n) is 5.98. The molecule has 6 heteroatoms. The highest BCUT2D eigenvalue weighted by Gasteiger charge is 2.25. The van der Waals surface area contributed by atoms with Gasteiger partial charge in [-0.15, -0.1) is 0 Å². The molecule has 0 bridgehead atoms. The highest BCUT2D eigenvalue weighted by atomic mass is 16.5. The lowest BCUT2D eigenvalue weighted by Crippen LogP contribution is -2.20. The van der Waals surface area contributed by atoms with Crippen molar-refractivity contribution in [1.82, 2.24) is 0 Å². The molecule has 0 spiro atoms. The smallest absolute Gasteiger partial charge is 0.169 e. The lowest BCUT2D eigenvalue weighted by molar-refractivity contribution is 0.265. The van der Waals surface area contributed by atoms with E-state index in [9.17, 15) is 5.11 Å². The number of aliphatic imine (C=N–C) groups is 1. The van der Waals surface area contributed by atoms with Gasteiger partial charge in [-0.05, 0) is 35.7 Å². The molecule has 0 saturated heterocycles. The van der Waals surface area contributed by atoms with Crippen molar-refractivity contribution in [3.05, 3.63) is 35.4 Å². The summed E-state index contributed by atoms with van der Waals surface area (Å²) < 4.78 is 22.0. The lowest BCUT2D eigenvalue weighted by atomic mass is 9.89. The minimum absolute atomic E-state index is 0.00655. The molecular weight excluding hydrogens is 334 g/mol. The molecule has 0 radical (unpaired) electrons. The number of methoxy groups -OCH3 is 4. The Morgan fingerprint density at radius 2 is 1.65 bits per heavy atom. The lowest BCUT2D eigenvalue weighted by Gasteiger charge is -2.24. The average Bonchev–Trinajstić information content (AvgIpc) is 2.70. The summed E-state index contributed by atoms with van der Waals surface area (Å²) in [5, 5.41) is 9.46. The molecule has 1 unspecified atom stereocenters. The van der Waals surface area contributed by atoms with E-state index in [0.717, 1.165) is 22.3 Å². The van der Waals surface area contributed by atoms with Crippen LogP contribution in [0.4, 0.5) is 0 Å². The predicted molar refractivity (Wildman–Crippen MR) is 100 cm³/mol. The zero-order valence-corrected chi connectivity index (χ0v) is 15.4. The van der Waals surface area contributed by atoms with Crippen LogP contribution in [0.15, 0.2) is 29.3 Å². The molecule has 6 nitrogen and oxygen atoms in total. The summed E-state index contributed by atoms with van der Waals surface area (Å²) in [6.45, 7) is 0.00655. The SMILES string of the molecule is COc1cc(OC)cc(-c2c3c(cc(OC)c2OC)CC(CO)N=C3)c1. The Labute approximate surface area is 153 Å². The molecule has 0 aliphatic carbocycles. The summed E-state index contributed by atoms with van der Waals surface area (Å²) in [4.78, 5) is 4.46. The predicted octanol–water partition coefficient (Wildman–Crippen LogP) is 2.72. The first-order chi connectivity index (χ1) is 12.6. The van der Waals surface area contributed by atoms with E-state index in [1.54, 1.807) is 34.7 Å². The van der Waals surface area contributed by atoms with Crippen molar-refractivity contribution < 1.29 is 24.1 Å². The van der Waals surface area contributed by atoms with Crippen molar-refractivity contribution in [3.63, 3.8) is 0 Å². The molecule has 138 valence electrons. The number of benzene rings is 2. The van der Waals surface area contributed by atoms with Crippen molar-refractivity contribution in [2.45, 2.75) is 12.5 Å². The summed E-state index contributed by atoms with van der Waals surface area (Å²) in [6.07, 6.45) is 2.43. The first-order valence-electron chi connectivity index (χ1n) is 8.30. The Morgan fingerprint density at radius 1 is 0.962 bits per heavy atom. The van der Waals surface area contributed by atoms with Gasteiger partial charge in [-0.2, -0.15) is 0 Å². The number of aliphatic hydroxyl groups excluding tert-OH is 1. The van der Waals surface area contributed by atoms with Gasteiger partial charge >= 0.3 is 0 Å². The molecule has 0 saturated carbocycles. The van der Waals surface area contributed by atoms with Crippen LogP contribution < -0.4 is 18.9 Å². The number of nitrogens with zero attached hydrogens (tertiary/aromatic N) is 1. The van der Waals surface area contributed by atoms with Gasteiger partial charge in [-0.1, -0.05) is 0 Å². The fourth-order valence-corrected chi connectivity index (χ4v) is 3.21. The summed E-state index contributed by atoms with van der Waals surface area (Å²) in [6, 6.07) is 7.47. The Balaban J connectivity index is 2.29. The summed E-state index contributed by atoms with van der Waals surface area (Å²) in [7, 11) is 6.45. The molecule has 1 aliphatic rings. The van der Waals surface area contributed by atoms with Gasteiger partial charge in [-0.25, -0.2) is 0 Å². The van der Waals surface area contributed by atoms with Crippen LogP contribution in [0.2, 0.25) is 0 Å². The molecular formula is C20H23NO5. The van der Waals surface area contributed by atoms with Crippen molar-refractivity contribution in [3.8, 4) is 34.1 Å². The molecule has 1 N–H and O–H groups in total. The molecule has 1 aliphatic heterocycles. The van der Waals surface area contributed by atoms with Crippen molar-refractivity contribution in [2.75, 3.05) is 35.0 Å². The van der Waals surface area contributed by atoms with Gasteiger partial charge in [0.1, 0.15) is 11.5 Å². The minimum Gasteiger partial charge on any atom is -0.497 e. The van der Waals surface area contributed by atoms with E-state index in [-0.39, 0.29) is 12.6 Å². The monoisotopic (exact) mass is 357 g/mol. The van der Waals surface area contributed by atoms with E-state index in [1.807, 2.05) is 24.3 Å². The van der Waals surface area contributed by atoms with Gasteiger partial charge in [-0.3, -0.25) is 4.99 Å². The number of aliphatic hydroxyl groups is 1. The highest BCUT2D eigenvalue weighted by molar-refractivity contribution is 5.97. The van der Waals surface area contributed by atoms with E-state index in [2.05, 4.69) is 4.99 Å². The molecule has 0 aromatic heterocycles. The number of ether oxygens (including phenoxy) is 4. The van der Waals surface area contributed by atoms with E-state index >= 15 is 0 Å². The molecule has 1 atom stereocenters. The normalized spacial score (nSPS) is 15.3. The fraction of sp³-hybridized carbons (Fsp3) is 0.350. The van der Waals surface area contributed by atoms with Gasteiger partial charge in [0.25, 0.3) is 0 Å². The first kappa shape index (κ1) is 18.1. The minimum atomic E-state index is -0.145. The van der Waals surface area contributed by atoms with Gasteiger partial charge in [0.05, 0.1) is 41.1 Å². The van der Waals surface area contributed by atoms with Crippen LogP contribution in [-0.2, 0) is 6.42 Å². The van der Waals surface area contributed by atoms with Crippen LogP contribution in [0.25, 0.3) is 11.1 Å². The van der Waals surface area contributed by atoms with E-state index < -0.39 is 0 Å². The Bertz CT molecular complexity index is 809. The summed E-state index contributed by atoms with van der Waals surface area (Å²) in [5.74, 6) is 2.61. The van der Waals surface area contributed by atoms with E-state index in [4.69, 9.17) is 18.9 Å². The maximum atomic E-state index is 9.46. The average molecular weight is 357 g/mol. The molecule has 26 heavy (non-hydrogen) atoms. The van der Waals surface area contributed by atoms with Gasteiger partial charge < -0.3 is 24.1 Å². The molecule has 2 aromatic carbocycles. The van der Waals surface area contributed by atoms with Crippen LogP contribution in [0.5, 0.6) is 23.0 Å². The molecule has 1 heterocycles. The van der Waals surface area contributed by atoms with Gasteiger partial charge in [0.15, 0.2) is 11.5 Å². The standard InChI is InChI=1S/C20H23NO5/c1-23-15-6-13(7-16(9-15)24-2)19-17-10-21-14(11-22)5-12(17)8-18(25-3)20(19)26-4/h6-10,14,22H,5,11H2,1-4H3. The van der Waals surface area contributed by atoms with Crippen LogP contribution in [0, 0.1) is 0 Å². The summed E-state index contributed by atoms with van der Waals surface area (Å²) in [5.41, 5.74) is 3.73. The number of fused-ring (bicyclic) bond motifs is 1. The third-order valence-electron chi connectivity index (χ3n) is 4.52. The third-order valence-corrected chi connectivity index (χ3v) is 4.52. The number of hydrogen-bond acceptors (Lipinski definition) is 6. The van der Waals surface area contributed by atoms with Crippen molar-refractivity contribution in [2.24, 2.45) is 4.99 Å². The zero-order chi connectivity index (χ0) is 18.7. The van der Waals surface area contributed by atoms with E-state index in [0.29, 0.717) is 29.4 Å². The Hall–Kier alpha value is -2.73. The van der Waals surface area contributed by atoms with Crippen LogP contribution in [0.3, 0.4) is 0 Å². The molecule has 3 rings (SSSR count). The highest BCUT2D eigenvalue weighted by Crippen LogP contribution is 2.45. The molecule has 2 aromatic rings. The summed E-state index contributed by atoms with van der Waals surface area (Å²) >= 11 is 0. The van der Waals surface area contributed by atoms with Crippen LogP contribution >= 0.6 is 0 Å². The maximum absolute atomic E-state index is 9.46. The fourth-order valence-electron chi connectivity index (χ4n) is 3.21. The van der Waals surface area contributed by atoms with Crippen molar-refractivity contribution in [1.29, 1.82) is 0 Å². The second-order valence-corrected chi connectivity index (χ2v) is 5.98.